The summed E-state index contributed by atoms with van der Waals surface area (Å²) in [6, 6.07) is 3.69. The van der Waals surface area contributed by atoms with Crippen LogP contribution < -0.4 is 5.48 Å². The van der Waals surface area contributed by atoms with Gasteiger partial charge in [0.1, 0.15) is 5.82 Å². The Morgan fingerprint density at radius 1 is 1.45 bits per heavy atom. The lowest BCUT2D eigenvalue weighted by Crippen LogP contribution is -1.94. The highest BCUT2D eigenvalue weighted by Crippen LogP contribution is 2.13. The van der Waals surface area contributed by atoms with Crippen molar-refractivity contribution in [2.45, 2.75) is 19.8 Å². The van der Waals surface area contributed by atoms with Gasteiger partial charge in [0.25, 0.3) is 0 Å². The molecule has 11 heavy (non-hydrogen) atoms. The maximum atomic E-state index is 8.45. The lowest BCUT2D eigenvalue weighted by molar-refractivity contribution is 0.386. The van der Waals surface area contributed by atoms with Crippen molar-refractivity contribution in [1.29, 1.82) is 0 Å². The largest absolute Gasteiger partial charge is 0.290 e. The van der Waals surface area contributed by atoms with Crippen LogP contribution in [-0.4, -0.2) is 10.2 Å². The number of nitrogens with zero attached hydrogens (tertiary/aromatic N) is 1. The maximum Gasteiger partial charge on any atom is 0.149 e. The van der Waals surface area contributed by atoms with Crippen molar-refractivity contribution in [2.75, 3.05) is 5.48 Å². The van der Waals surface area contributed by atoms with E-state index in [1.54, 1.807) is 12.3 Å². The lowest BCUT2D eigenvalue weighted by Gasteiger charge is -2.04. The van der Waals surface area contributed by atoms with Crippen LogP contribution in [-0.2, 0) is 0 Å². The van der Waals surface area contributed by atoms with Gasteiger partial charge in [-0.15, -0.1) is 0 Å². The molecule has 3 nitrogen and oxygen atoms in total. The Hall–Kier alpha value is -1.09. The molecular formula is C8H12N2O. The summed E-state index contributed by atoms with van der Waals surface area (Å²) in [5.74, 6) is 0.963. The Balaban J connectivity index is 2.83. The first-order valence-corrected chi connectivity index (χ1v) is 3.60. The van der Waals surface area contributed by atoms with E-state index in [-0.39, 0.29) is 0 Å². The number of pyridine rings is 1. The molecule has 0 radical (unpaired) electrons. The minimum atomic E-state index is 0.481. The first-order valence-electron chi connectivity index (χ1n) is 3.60. The molecule has 1 rings (SSSR count). The number of hydrogen-bond donors (Lipinski definition) is 2. The smallest absolute Gasteiger partial charge is 0.149 e. The second-order valence-electron chi connectivity index (χ2n) is 2.74. The first kappa shape index (κ1) is 8.01. The molecule has 0 fully saturated rings. The summed E-state index contributed by atoms with van der Waals surface area (Å²) in [6.45, 7) is 4.20. The van der Waals surface area contributed by atoms with Gasteiger partial charge in [-0.3, -0.25) is 10.7 Å². The van der Waals surface area contributed by atoms with Crippen molar-refractivity contribution in [3.63, 3.8) is 0 Å². The van der Waals surface area contributed by atoms with Crippen LogP contribution in [0.3, 0.4) is 0 Å². The predicted molar refractivity (Wildman–Crippen MR) is 43.7 cm³/mol. The first-order chi connectivity index (χ1) is 5.24. The SMILES string of the molecule is CC(C)c1ccc(NO)nc1. The van der Waals surface area contributed by atoms with E-state index in [2.05, 4.69) is 18.8 Å². The standard InChI is InChI=1S/C8H12N2O/c1-6(2)7-3-4-8(10-11)9-5-7/h3-6,11H,1-2H3,(H,9,10). The van der Waals surface area contributed by atoms with Crippen LogP contribution >= 0.6 is 0 Å². The number of hydrogen-bond acceptors (Lipinski definition) is 3. The van der Waals surface area contributed by atoms with Gasteiger partial charge in [0, 0.05) is 6.20 Å². The zero-order chi connectivity index (χ0) is 8.27. The van der Waals surface area contributed by atoms with E-state index in [1.807, 2.05) is 11.5 Å². The fourth-order valence-electron chi connectivity index (χ4n) is 0.813. The average Bonchev–Trinajstić information content (AvgIpc) is 2.05. The molecule has 0 unspecified atom stereocenters. The summed E-state index contributed by atoms with van der Waals surface area (Å²) < 4.78 is 0. The second-order valence-corrected chi connectivity index (χ2v) is 2.74. The molecule has 0 aliphatic heterocycles. The van der Waals surface area contributed by atoms with Crippen molar-refractivity contribution in [3.05, 3.63) is 23.9 Å². The molecule has 0 saturated carbocycles. The summed E-state index contributed by atoms with van der Waals surface area (Å²) in [7, 11) is 0. The molecule has 0 spiro atoms. The van der Waals surface area contributed by atoms with Crippen LogP contribution in [0.25, 0.3) is 0 Å². The lowest BCUT2D eigenvalue weighted by atomic mass is 10.1. The summed E-state index contributed by atoms with van der Waals surface area (Å²) in [5, 5.41) is 8.45. The third-order valence-electron chi connectivity index (χ3n) is 1.57. The molecule has 0 amide bonds. The predicted octanol–water partition coefficient (Wildman–Crippen LogP) is 2.01. The van der Waals surface area contributed by atoms with Crippen LogP contribution in [0.5, 0.6) is 0 Å². The third-order valence-corrected chi connectivity index (χ3v) is 1.57. The van der Waals surface area contributed by atoms with Gasteiger partial charge >= 0.3 is 0 Å². The normalized spacial score (nSPS) is 10.2. The van der Waals surface area contributed by atoms with Crippen molar-refractivity contribution in [2.24, 2.45) is 0 Å². The molecular weight excluding hydrogens is 140 g/mol. The van der Waals surface area contributed by atoms with Gasteiger partial charge in [-0.05, 0) is 17.5 Å². The van der Waals surface area contributed by atoms with Crippen LogP contribution in [0, 0.1) is 0 Å². The van der Waals surface area contributed by atoms with E-state index in [0.29, 0.717) is 11.7 Å². The summed E-state index contributed by atoms with van der Waals surface area (Å²) >= 11 is 0. The van der Waals surface area contributed by atoms with Gasteiger partial charge in [0.2, 0.25) is 0 Å². The fourth-order valence-corrected chi connectivity index (χ4v) is 0.813. The molecule has 1 heterocycles. The van der Waals surface area contributed by atoms with Crippen LogP contribution in [0.1, 0.15) is 25.3 Å². The molecule has 60 valence electrons. The maximum absolute atomic E-state index is 8.45. The van der Waals surface area contributed by atoms with Gasteiger partial charge in [-0.25, -0.2) is 4.98 Å². The minimum Gasteiger partial charge on any atom is -0.290 e. The van der Waals surface area contributed by atoms with E-state index in [9.17, 15) is 0 Å². The molecule has 0 saturated heterocycles. The molecule has 0 atom stereocenters. The molecule has 1 aromatic rings. The third kappa shape index (κ3) is 1.91. The molecule has 0 aromatic carbocycles. The Kier molecular flexibility index (Phi) is 2.44. The Bertz CT molecular complexity index is 218. The van der Waals surface area contributed by atoms with Crippen molar-refractivity contribution >= 4 is 5.82 Å². The Morgan fingerprint density at radius 2 is 2.18 bits per heavy atom. The van der Waals surface area contributed by atoms with Gasteiger partial charge < -0.3 is 0 Å². The zero-order valence-electron chi connectivity index (χ0n) is 6.70. The number of aromatic nitrogens is 1. The zero-order valence-corrected chi connectivity index (χ0v) is 6.70. The topological polar surface area (TPSA) is 45.1 Å². The van der Waals surface area contributed by atoms with E-state index in [4.69, 9.17) is 5.21 Å². The number of nitrogens with one attached hydrogen (secondary N) is 1. The van der Waals surface area contributed by atoms with E-state index >= 15 is 0 Å². The van der Waals surface area contributed by atoms with E-state index in [1.165, 1.54) is 5.56 Å². The van der Waals surface area contributed by atoms with E-state index < -0.39 is 0 Å². The van der Waals surface area contributed by atoms with Gasteiger partial charge in [-0.2, -0.15) is 0 Å². The minimum absolute atomic E-state index is 0.481. The molecule has 2 N–H and O–H groups in total. The highest BCUT2D eigenvalue weighted by molar-refractivity contribution is 5.33. The van der Waals surface area contributed by atoms with Gasteiger partial charge in [0.05, 0.1) is 0 Å². The van der Waals surface area contributed by atoms with Gasteiger partial charge in [0.15, 0.2) is 0 Å². The molecule has 1 aromatic heterocycles. The van der Waals surface area contributed by atoms with Crippen LogP contribution in [0.15, 0.2) is 18.3 Å². The number of rotatable bonds is 2. The second kappa shape index (κ2) is 3.34. The quantitative estimate of drug-likeness (QED) is 0.637. The summed E-state index contributed by atoms with van der Waals surface area (Å²) in [6.07, 6.45) is 1.75. The molecule has 3 heteroatoms. The molecule has 0 aliphatic carbocycles. The molecule has 0 bridgehead atoms. The highest BCUT2D eigenvalue weighted by Gasteiger charge is 1.98. The average molecular weight is 152 g/mol. The Morgan fingerprint density at radius 3 is 2.55 bits per heavy atom. The highest BCUT2D eigenvalue weighted by atomic mass is 16.5. The monoisotopic (exact) mass is 152 g/mol. The Labute approximate surface area is 66.0 Å². The summed E-state index contributed by atoms with van der Waals surface area (Å²) in [5.41, 5.74) is 3.15. The summed E-state index contributed by atoms with van der Waals surface area (Å²) in [4.78, 5) is 3.96. The molecule has 0 aliphatic rings. The fraction of sp³-hybridized carbons (Fsp3) is 0.375. The van der Waals surface area contributed by atoms with Crippen molar-refractivity contribution < 1.29 is 5.21 Å². The van der Waals surface area contributed by atoms with Gasteiger partial charge in [-0.1, -0.05) is 19.9 Å². The van der Waals surface area contributed by atoms with Crippen molar-refractivity contribution in [3.8, 4) is 0 Å². The van der Waals surface area contributed by atoms with Crippen LogP contribution in [0.4, 0.5) is 5.82 Å². The van der Waals surface area contributed by atoms with Crippen LogP contribution in [0.2, 0.25) is 0 Å². The van der Waals surface area contributed by atoms with E-state index in [0.717, 1.165) is 0 Å². The number of anilines is 1. The van der Waals surface area contributed by atoms with Crippen molar-refractivity contribution in [1.82, 2.24) is 4.98 Å².